The van der Waals surface area contributed by atoms with Crippen molar-refractivity contribution in [1.29, 1.82) is 0 Å². The summed E-state index contributed by atoms with van der Waals surface area (Å²) in [7, 11) is 0. The molecule has 39 heavy (non-hydrogen) atoms. The van der Waals surface area contributed by atoms with E-state index in [1.54, 1.807) is 5.38 Å². The van der Waals surface area contributed by atoms with Crippen molar-refractivity contribution in [2.45, 2.75) is 25.3 Å². The van der Waals surface area contributed by atoms with E-state index in [0.29, 0.717) is 5.13 Å². The number of carboxylic acids is 1. The van der Waals surface area contributed by atoms with Crippen LogP contribution in [0.2, 0.25) is 0 Å². The molecule has 0 aliphatic rings. The first-order valence-corrected chi connectivity index (χ1v) is 13.4. The zero-order chi connectivity index (χ0) is 27.5. The Hall–Kier alpha value is -4.50. The summed E-state index contributed by atoms with van der Waals surface area (Å²) in [5.41, 5.74) is 1.82. The van der Waals surface area contributed by atoms with Crippen molar-refractivity contribution in [2.75, 3.05) is 18.5 Å². The molecule has 0 fully saturated rings. The first kappa shape index (κ1) is 27.5. The van der Waals surface area contributed by atoms with E-state index in [1.807, 2.05) is 97.9 Å². The molecule has 0 spiro atoms. The number of rotatable bonds is 13. The van der Waals surface area contributed by atoms with Gasteiger partial charge in [-0.15, -0.1) is 11.3 Å². The molecule has 0 amide bonds. The van der Waals surface area contributed by atoms with E-state index in [0.717, 1.165) is 29.5 Å². The minimum Gasteiger partial charge on any atom is -0.476 e. The molecule has 0 unspecified atom stereocenters. The van der Waals surface area contributed by atoms with Crippen LogP contribution in [0, 0.1) is 0 Å². The Kier molecular flexibility index (Phi) is 9.42. The number of unbranched alkanes of at least 4 members (excludes halogenated alkanes) is 1. The average Bonchev–Trinajstić information content (AvgIpc) is 3.43. The van der Waals surface area contributed by atoms with Crippen LogP contribution in [0.4, 0.5) is 5.13 Å². The fraction of sp³-hybridized carbons (Fsp3) is 0.200. The minimum atomic E-state index is -1.33. The molecular formula is C30H29N3O5S. The molecule has 0 atom stereocenters. The number of thiazole rings is 1. The van der Waals surface area contributed by atoms with Crippen molar-refractivity contribution in [2.24, 2.45) is 5.16 Å². The Morgan fingerprint density at radius 3 is 1.95 bits per heavy atom. The maximum Gasteiger partial charge on any atom is 0.360 e. The van der Waals surface area contributed by atoms with Crippen molar-refractivity contribution in [3.63, 3.8) is 0 Å². The molecule has 0 bridgehead atoms. The maximum absolute atomic E-state index is 12.0. The van der Waals surface area contributed by atoms with Crippen molar-refractivity contribution in [1.82, 2.24) is 4.98 Å². The van der Waals surface area contributed by atoms with Gasteiger partial charge in [0.15, 0.2) is 5.13 Å². The van der Waals surface area contributed by atoms with Gasteiger partial charge in [-0.3, -0.25) is 0 Å². The van der Waals surface area contributed by atoms with Gasteiger partial charge in [-0.1, -0.05) is 109 Å². The van der Waals surface area contributed by atoms with Crippen LogP contribution in [0.1, 0.15) is 42.1 Å². The smallest absolute Gasteiger partial charge is 0.360 e. The molecule has 4 aromatic rings. The van der Waals surface area contributed by atoms with E-state index in [1.165, 1.54) is 11.3 Å². The van der Waals surface area contributed by atoms with Gasteiger partial charge in [-0.05, 0) is 23.1 Å². The molecule has 0 radical (unpaired) electrons. The van der Waals surface area contributed by atoms with Gasteiger partial charge in [-0.25, -0.2) is 14.6 Å². The van der Waals surface area contributed by atoms with E-state index in [2.05, 4.69) is 15.5 Å². The molecular weight excluding hydrogens is 514 g/mol. The summed E-state index contributed by atoms with van der Waals surface area (Å²) in [4.78, 5) is 33.3. The van der Waals surface area contributed by atoms with Crippen LogP contribution in [0.25, 0.3) is 0 Å². The number of aliphatic carboxylic acids is 1. The summed E-state index contributed by atoms with van der Waals surface area (Å²) < 4.78 is 5.01. The van der Waals surface area contributed by atoms with Gasteiger partial charge in [0.2, 0.25) is 12.3 Å². The van der Waals surface area contributed by atoms with Gasteiger partial charge in [0, 0.05) is 5.38 Å². The number of esters is 1. The number of nitrogens with zero attached hydrogens (tertiary/aromatic N) is 2. The van der Waals surface area contributed by atoms with Crippen LogP contribution in [0.5, 0.6) is 0 Å². The number of carboxylic acid groups (broad SMARTS) is 1. The molecule has 0 aliphatic carbocycles. The summed E-state index contributed by atoms with van der Waals surface area (Å²) in [6, 6.07) is 30.0. The van der Waals surface area contributed by atoms with Crippen molar-refractivity contribution >= 4 is 34.1 Å². The van der Waals surface area contributed by atoms with Gasteiger partial charge >= 0.3 is 11.9 Å². The molecule has 8 nitrogen and oxygen atoms in total. The SMILES string of the molecule is CCCCOC(=O)CON=C(C(=O)O)c1csc(NC(c2ccccc2)(c2ccccc2)c2ccccc2)n1. The molecule has 1 heterocycles. The minimum absolute atomic E-state index is 0.109. The highest BCUT2D eigenvalue weighted by molar-refractivity contribution is 7.14. The van der Waals surface area contributed by atoms with Crippen LogP contribution < -0.4 is 5.32 Å². The molecule has 4 rings (SSSR count). The quantitative estimate of drug-likeness (QED) is 0.0732. The molecule has 2 N–H and O–H groups in total. The number of oxime groups is 1. The first-order valence-electron chi connectivity index (χ1n) is 12.5. The number of carbonyl (C=O) groups is 2. The Morgan fingerprint density at radius 2 is 1.46 bits per heavy atom. The molecule has 1 aromatic heterocycles. The highest BCUT2D eigenvalue weighted by atomic mass is 32.1. The van der Waals surface area contributed by atoms with Gasteiger partial charge in [0.05, 0.1) is 6.61 Å². The predicted molar refractivity (Wildman–Crippen MR) is 151 cm³/mol. The lowest BCUT2D eigenvalue weighted by atomic mass is 9.77. The van der Waals surface area contributed by atoms with E-state index < -0.39 is 29.8 Å². The van der Waals surface area contributed by atoms with E-state index in [9.17, 15) is 14.7 Å². The third kappa shape index (κ3) is 6.69. The summed E-state index contributed by atoms with van der Waals surface area (Å²) in [6.07, 6.45) is 1.62. The summed E-state index contributed by atoms with van der Waals surface area (Å²) in [5.74, 6) is -1.94. The van der Waals surface area contributed by atoms with Crippen LogP contribution in [0.15, 0.2) is 102 Å². The number of nitrogens with one attached hydrogen (secondary N) is 1. The molecule has 200 valence electrons. The average molecular weight is 544 g/mol. The van der Waals surface area contributed by atoms with Crippen LogP contribution in [0.3, 0.4) is 0 Å². The van der Waals surface area contributed by atoms with Gasteiger partial charge in [-0.2, -0.15) is 0 Å². The van der Waals surface area contributed by atoms with Gasteiger partial charge in [0.1, 0.15) is 11.2 Å². The van der Waals surface area contributed by atoms with E-state index >= 15 is 0 Å². The zero-order valence-corrected chi connectivity index (χ0v) is 22.3. The first-order chi connectivity index (χ1) is 19.0. The molecule has 0 saturated carbocycles. The van der Waals surface area contributed by atoms with Crippen LogP contribution in [-0.4, -0.2) is 41.0 Å². The number of hydrogen-bond donors (Lipinski definition) is 2. The number of anilines is 1. The lowest BCUT2D eigenvalue weighted by molar-refractivity contribution is -0.149. The Morgan fingerprint density at radius 1 is 0.923 bits per heavy atom. The molecule has 9 heteroatoms. The highest BCUT2D eigenvalue weighted by Crippen LogP contribution is 2.40. The number of carbonyl (C=O) groups excluding carboxylic acids is 1. The van der Waals surface area contributed by atoms with Crippen molar-refractivity contribution in [3.05, 3.63) is 119 Å². The summed E-state index contributed by atoms with van der Waals surface area (Å²) in [5, 5.41) is 19.1. The molecule has 3 aromatic carbocycles. The second kappa shape index (κ2) is 13.3. The van der Waals surface area contributed by atoms with Crippen LogP contribution in [-0.2, 0) is 24.7 Å². The maximum atomic E-state index is 12.0. The van der Waals surface area contributed by atoms with E-state index in [4.69, 9.17) is 9.57 Å². The fourth-order valence-electron chi connectivity index (χ4n) is 4.10. The number of benzene rings is 3. The monoisotopic (exact) mass is 543 g/mol. The normalized spacial score (nSPS) is 11.6. The van der Waals surface area contributed by atoms with Crippen molar-refractivity contribution in [3.8, 4) is 0 Å². The van der Waals surface area contributed by atoms with Gasteiger partial charge in [0.25, 0.3) is 0 Å². The Bertz CT molecular complexity index is 1300. The summed E-state index contributed by atoms with van der Waals surface area (Å²) in [6.45, 7) is 1.77. The largest absolute Gasteiger partial charge is 0.476 e. The lowest BCUT2D eigenvalue weighted by Gasteiger charge is -2.36. The summed E-state index contributed by atoms with van der Waals surface area (Å²) >= 11 is 1.25. The molecule has 0 saturated heterocycles. The highest BCUT2D eigenvalue weighted by Gasteiger charge is 2.37. The standard InChI is InChI=1S/C30H29N3O5S/c1-2-3-19-37-26(34)20-38-33-27(28(35)36)25-21-39-29(31-25)32-30(22-13-7-4-8-14-22,23-15-9-5-10-16-23)24-17-11-6-12-18-24/h4-18,21H,2-3,19-20H2,1H3,(H,31,32)(H,35,36). The second-order valence-corrected chi connectivity index (χ2v) is 9.46. The topological polar surface area (TPSA) is 110 Å². The third-order valence-electron chi connectivity index (χ3n) is 5.96. The number of aromatic nitrogens is 1. The number of hydrogen-bond acceptors (Lipinski definition) is 8. The van der Waals surface area contributed by atoms with Crippen LogP contribution >= 0.6 is 11.3 Å². The molecule has 0 aliphatic heterocycles. The zero-order valence-electron chi connectivity index (χ0n) is 21.4. The van der Waals surface area contributed by atoms with Crippen molar-refractivity contribution < 1.29 is 24.3 Å². The second-order valence-electron chi connectivity index (χ2n) is 8.60. The Balaban J connectivity index is 1.67. The predicted octanol–water partition coefficient (Wildman–Crippen LogP) is 5.70. The lowest BCUT2D eigenvalue weighted by Crippen LogP contribution is -2.38. The third-order valence-corrected chi connectivity index (χ3v) is 6.72. The Labute approximate surface area is 230 Å². The van der Waals surface area contributed by atoms with E-state index in [-0.39, 0.29) is 12.3 Å². The van der Waals surface area contributed by atoms with Gasteiger partial charge < -0.3 is 20.0 Å². The fourth-order valence-corrected chi connectivity index (χ4v) is 4.85. The number of ether oxygens (including phenoxy) is 1.